The summed E-state index contributed by atoms with van der Waals surface area (Å²) in [6, 6.07) is 59.4. The van der Waals surface area contributed by atoms with Crippen LogP contribution in [0, 0.1) is 13.8 Å². The fourth-order valence-corrected chi connectivity index (χ4v) is 7.70. The molecule has 4 aromatic heterocycles. The van der Waals surface area contributed by atoms with Crippen molar-refractivity contribution in [2.75, 3.05) is 0 Å². The van der Waals surface area contributed by atoms with Gasteiger partial charge >= 0.3 is 0 Å². The normalized spacial score (nSPS) is 11.4. The van der Waals surface area contributed by atoms with E-state index in [2.05, 4.69) is 151 Å². The summed E-state index contributed by atoms with van der Waals surface area (Å²) < 4.78 is 0. The van der Waals surface area contributed by atoms with Crippen molar-refractivity contribution in [2.24, 2.45) is 0 Å². The highest BCUT2D eigenvalue weighted by atomic mass is 14.9. The molecular weight excluding hydrogens is 683 g/mol. The molecule has 0 saturated carbocycles. The number of fused-ring (bicyclic) bond motifs is 4. The average molecular weight is 718 g/mol. The molecule has 0 atom stereocenters. The van der Waals surface area contributed by atoms with Crippen molar-refractivity contribution in [1.82, 2.24) is 24.9 Å². The smallest absolute Gasteiger partial charge is 0.160 e. The predicted octanol–water partition coefficient (Wildman–Crippen LogP) is 12.7. The zero-order chi connectivity index (χ0) is 37.6. The van der Waals surface area contributed by atoms with Crippen molar-refractivity contribution in [3.05, 3.63) is 187 Å². The summed E-state index contributed by atoms with van der Waals surface area (Å²) in [4.78, 5) is 24.7. The second-order valence-electron chi connectivity index (χ2n) is 14.2. The molecule has 5 nitrogen and oxygen atoms in total. The second kappa shape index (κ2) is 13.8. The minimum atomic E-state index is 0.677. The fourth-order valence-electron chi connectivity index (χ4n) is 7.70. The van der Waals surface area contributed by atoms with Crippen LogP contribution in [0.4, 0.5) is 0 Å². The molecule has 6 aromatic carbocycles. The zero-order valence-electron chi connectivity index (χ0n) is 31.0. The van der Waals surface area contributed by atoms with Crippen LogP contribution in [-0.4, -0.2) is 24.9 Å². The molecule has 0 fully saturated rings. The third-order valence-electron chi connectivity index (χ3n) is 10.5. The molecule has 4 heterocycles. The highest BCUT2D eigenvalue weighted by Gasteiger charge is 2.15. The molecule has 0 amide bonds. The van der Waals surface area contributed by atoms with Crippen LogP contribution in [0.2, 0.25) is 0 Å². The monoisotopic (exact) mass is 717 g/mol. The van der Waals surface area contributed by atoms with Gasteiger partial charge in [-0.1, -0.05) is 127 Å². The Morgan fingerprint density at radius 3 is 1.82 bits per heavy atom. The molecule has 56 heavy (non-hydrogen) atoms. The first-order chi connectivity index (χ1) is 27.5. The van der Waals surface area contributed by atoms with Gasteiger partial charge in [0.25, 0.3) is 0 Å². The number of pyridine rings is 3. The number of hydrogen-bond acceptors (Lipinski definition) is 5. The molecule has 0 N–H and O–H groups in total. The van der Waals surface area contributed by atoms with Crippen molar-refractivity contribution in [1.29, 1.82) is 0 Å². The van der Waals surface area contributed by atoms with Crippen molar-refractivity contribution in [2.45, 2.75) is 13.8 Å². The van der Waals surface area contributed by atoms with Crippen molar-refractivity contribution >= 4 is 32.7 Å². The van der Waals surface area contributed by atoms with Gasteiger partial charge in [0, 0.05) is 50.4 Å². The quantitative estimate of drug-likeness (QED) is 0.160. The number of nitrogens with zero attached hydrogens (tertiary/aromatic N) is 5. The summed E-state index contributed by atoms with van der Waals surface area (Å²) in [6.45, 7) is 4.08. The molecule has 0 radical (unpaired) electrons. The lowest BCUT2D eigenvalue weighted by molar-refractivity contribution is 1.18. The van der Waals surface area contributed by atoms with Crippen LogP contribution in [0.15, 0.2) is 176 Å². The summed E-state index contributed by atoms with van der Waals surface area (Å²) in [5.41, 5.74) is 16.3. The summed E-state index contributed by atoms with van der Waals surface area (Å²) in [6.07, 6.45) is 1.83. The second-order valence-corrected chi connectivity index (χ2v) is 14.2. The van der Waals surface area contributed by atoms with E-state index in [1.54, 1.807) is 0 Å². The predicted molar refractivity (Wildman–Crippen MR) is 230 cm³/mol. The zero-order valence-corrected chi connectivity index (χ0v) is 31.0. The lowest BCUT2D eigenvalue weighted by atomic mass is 9.95. The van der Waals surface area contributed by atoms with E-state index < -0.39 is 0 Å². The van der Waals surface area contributed by atoms with E-state index in [0.29, 0.717) is 5.82 Å². The van der Waals surface area contributed by atoms with Crippen LogP contribution < -0.4 is 0 Å². The molecule has 0 spiro atoms. The van der Waals surface area contributed by atoms with Gasteiger partial charge in [0.05, 0.1) is 27.9 Å². The fraction of sp³-hybridized carbons (Fsp3) is 0.0392. The Hall–Kier alpha value is -7.37. The standard InChI is InChI=1S/C51H35N5/c1-32-19-20-37-25-26-44-45(28-33(2)54-50(44)49(37)53-32)40-14-6-12-38(29-40)34-21-23-36(24-22-34)48-31-47(35-10-4-3-5-11-35)55-51(56-48)41-15-7-13-39(30-41)42-16-8-18-46-43(42)17-9-27-52-46/h3-31H,1-2H3. The number of rotatable bonds is 6. The first-order valence-corrected chi connectivity index (χ1v) is 18.8. The Bertz CT molecular complexity index is 3090. The molecule has 0 aliphatic rings. The van der Waals surface area contributed by atoms with Gasteiger partial charge in [0.15, 0.2) is 5.82 Å². The van der Waals surface area contributed by atoms with E-state index in [1.165, 1.54) is 0 Å². The molecule has 0 aliphatic carbocycles. The van der Waals surface area contributed by atoms with Crippen molar-refractivity contribution in [3.8, 4) is 67.3 Å². The van der Waals surface area contributed by atoms with E-state index >= 15 is 0 Å². The third-order valence-corrected chi connectivity index (χ3v) is 10.5. The minimum absolute atomic E-state index is 0.677. The van der Waals surface area contributed by atoms with Gasteiger partial charge in [-0.05, 0) is 89.7 Å². The Kier molecular flexibility index (Phi) is 8.19. The van der Waals surface area contributed by atoms with Gasteiger partial charge in [-0.15, -0.1) is 0 Å². The van der Waals surface area contributed by atoms with Gasteiger partial charge in [-0.3, -0.25) is 15.0 Å². The molecule has 0 bridgehead atoms. The maximum atomic E-state index is 5.18. The van der Waals surface area contributed by atoms with Crippen molar-refractivity contribution in [3.63, 3.8) is 0 Å². The Labute approximate surface area is 325 Å². The number of aryl methyl sites for hydroxylation is 2. The number of benzene rings is 6. The summed E-state index contributed by atoms with van der Waals surface area (Å²) in [5, 5.41) is 3.31. The van der Waals surface area contributed by atoms with Gasteiger partial charge in [0.1, 0.15) is 0 Å². The van der Waals surface area contributed by atoms with Crippen LogP contribution >= 0.6 is 0 Å². The summed E-state index contributed by atoms with van der Waals surface area (Å²) in [7, 11) is 0. The largest absolute Gasteiger partial charge is 0.256 e. The molecule has 10 rings (SSSR count). The van der Waals surface area contributed by atoms with Gasteiger partial charge in [-0.25, -0.2) is 9.97 Å². The molecule has 264 valence electrons. The topological polar surface area (TPSA) is 64.5 Å². The third kappa shape index (κ3) is 6.15. The Balaban J connectivity index is 1.03. The number of hydrogen-bond donors (Lipinski definition) is 0. The van der Waals surface area contributed by atoms with E-state index in [4.69, 9.17) is 19.9 Å². The summed E-state index contributed by atoms with van der Waals surface area (Å²) >= 11 is 0. The lowest BCUT2D eigenvalue weighted by Gasteiger charge is -2.13. The first kappa shape index (κ1) is 33.2. The molecule has 0 aliphatic heterocycles. The van der Waals surface area contributed by atoms with Gasteiger partial charge in [-0.2, -0.15) is 0 Å². The molecular formula is C51H35N5. The van der Waals surface area contributed by atoms with E-state index in [1.807, 2.05) is 43.5 Å². The average Bonchev–Trinajstić information content (AvgIpc) is 3.26. The van der Waals surface area contributed by atoms with Crippen LogP contribution in [-0.2, 0) is 0 Å². The SMILES string of the molecule is Cc1ccc2ccc3c(-c4cccc(-c5ccc(-c6cc(-c7ccccc7)nc(-c7cccc(-c8cccc9ncccc89)c7)n6)cc5)c4)cc(C)nc3c2n1. The molecule has 0 unspecified atom stereocenters. The van der Waals surface area contributed by atoms with E-state index in [-0.39, 0.29) is 0 Å². The van der Waals surface area contributed by atoms with E-state index in [0.717, 1.165) is 106 Å². The highest BCUT2D eigenvalue weighted by molar-refractivity contribution is 6.08. The highest BCUT2D eigenvalue weighted by Crippen LogP contribution is 2.36. The lowest BCUT2D eigenvalue weighted by Crippen LogP contribution is -1.96. The minimum Gasteiger partial charge on any atom is -0.256 e. The first-order valence-electron chi connectivity index (χ1n) is 18.8. The van der Waals surface area contributed by atoms with Crippen LogP contribution in [0.5, 0.6) is 0 Å². The van der Waals surface area contributed by atoms with Crippen LogP contribution in [0.3, 0.4) is 0 Å². The van der Waals surface area contributed by atoms with Crippen molar-refractivity contribution < 1.29 is 0 Å². The Morgan fingerprint density at radius 1 is 0.357 bits per heavy atom. The molecule has 0 saturated heterocycles. The Morgan fingerprint density at radius 2 is 1.00 bits per heavy atom. The summed E-state index contributed by atoms with van der Waals surface area (Å²) in [5.74, 6) is 0.677. The molecule has 5 heteroatoms. The number of aromatic nitrogens is 5. The van der Waals surface area contributed by atoms with Gasteiger partial charge < -0.3 is 0 Å². The van der Waals surface area contributed by atoms with E-state index in [9.17, 15) is 0 Å². The molecule has 10 aromatic rings. The van der Waals surface area contributed by atoms with Gasteiger partial charge in [0.2, 0.25) is 0 Å². The maximum absolute atomic E-state index is 5.18. The van der Waals surface area contributed by atoms with Crippen LogP contribution in [0.1, 0.15) is 11.4 Å². The van der Waals surface area contributed by atoms with Crippen LogP contribution in [0.25, 0.3) is 100.0 Å². The maximum Gasteiger partial charge on any atom is 0.160 e.